The lowest BCUT2D eigenvalue weighted by molar-refractivity contribution is 0.415. The molecule has 0 atom stereocenters. The molecule has 0 aliphatic heterocycles. The van der Waals surface area contributed by atoms with Crippen molar-refractivity contribution in [2.45, 2.75) is 0 Å². The van der Waals surface area contributed by atoms with E-state index in [1.165, 1.54) is 5.56 Å². The van der Waals surface area contributed by atoms with Gasteiger partial charge in [0.2, 0.25) is 0 Å². The molecule has 0 saturated carbocycles. The van der Waals surface area contributed by atoms with Gasteiger partial charge >= 0.3 is 0 Å². The fraction of sp³-hybridized carbons (Fsp3) is 0.0588. The number of hydrogen-bond donors (Lipinski definition) is 0. The van der Waals surface area contributed by atoms with E-state index in [1.54, 1.807) is 7.11 Å². The van der Waals surface area contributed by atoms with E-state index in [1.807, 2.05) is 48.5 Å². The molecule has 0 radical (unpaired) electrons. The zero-order valence-electron chi connectivity index (χ0n) is 10.5. The number of rotatable bonds is 4. The average molecular weight is 236 g/mol. The number of hydrogen-bond acceptors (Lipinski definition) is 1. The maximum Gasteiger partial charge on any atom is 0.118 e. The molecule has 0 amide bonds. The molecular weight excluding hydrogens is 220 g/mol. The van der Waals surface area contributed by atoms with Gasteiger partial charge in [-0.2, -0.15) is 0 Å². The first-order valence-corrected chi connectivity index (χ1v) is 5.87. The van der Waals surface area contributed by atoms with Crippen LogP contribution in [0.2, 0.25) is 0 Å². The largest absolute Gasteiger partial charge is 0.497 e. The van der Waals surface area contributed by atoms with E-state index in [2.05, 4.69) is 24.8 Å². The van der Waals surface area contributed by atoms with Crippen LogP contribution in [0, 0.1) is 0 Å². The van der Waals surface area contributed by atoms with Crippen molar-refractivity contribution in [2.24, 2.45) is 0 Å². The topological polar surface area (TPSA) is 9.23 Å². The van der Waals surface area contributed by atoms with Crippen molar-refractivity contribution in [2.75, 3.05) is 7.11 Å². The van der Waals surface area contributed by atoms with Crippen molar-refractivity contribution in [1.82, 2.24) is 0 Å². The quantitative estimate of drug-likeness (QED) is 0.564. The predicted octanol–water partition coefficient (Wildman–Crippen LogP) is 4.42. The lowest BCUT2D eigenvalue weighted by Gasteiger charge is -2.03. The van der Waals surface area contributed by atoms with E-state index in [4.69, 9.17) is 4.74 Å². The summed E-state index contributed by atoms with van der Waals surface area (Å²) in [6.07, 6.45) is 3.99. The molecule has 0 heterocycles. The lowest BCUT2D eigenvalue weighted by Crippen LogP contribution is -1.83. The van der Waals surface area contributed by atoms with Gasteiger partial charge in [0.25, 0.3) is 0 Å². The minimum atomic E-state index is 0.868. The Bertz CT molecular complexity index is 536. The van der Waals surface area contributed by atoms with Crippen molar-refractivity contribution in [3.05, 3.63) is 78.4 Å². The average Bonchev–Trinajstić information content (AvgIpc) is 2.46. The first kappa shape index (κ1) is 12.2. The monoisotopic (exact) mass is 236 g/mol. The van der Waals surface area contributed by atoms with E-state index in [-0.39, 0.29) is 0 Å². The van der Waals surface area contributed by atoms with Crippen LogP contribution in [0.15, 0.2) is 67.3 Å². The number of benzene rings is 2. The predicted molar refractivity (Wildman–Crippen MR) is 77.5 cm³/mol. The van der Waals surface area contributed by atoms with Gasteiger partial charge in [-0.05, 0) is 34.9 Å². The van der Waals surface area contributed by atoms with Gasteiger partial charge in [0.1, 0.15) is 5.75 Å². The highest BCUT2D eigenvalue weighted by Gasteiger charge is 1.97. The highest BCUT2D eigenvalue weighted by molar-refractivity contribution is 5.87. The van der Waals surface area contributed by atoms with Gasteiger partial charge in [-0.3, -0.25) is 0 Å². The Labute approximate surface area is 108 Å². The molecule has 0 N–H and O–H groups in total. The van der Waals surface area contributed by atoms with Crippen LogP contribution in [0.1, 0.15) is 11.1 Å². The molecule has 0 bridgehead atoms. The standard InChI is InChI=1S/C17H16O/c1-3-15(16-7-5-4-6-8-16)13-14-9-11-17(18-2)12-10-14/h3-13H,1H2,2H3. The molecule has 1 heteroatoms. The van der Waals surface area contributed by atoms with Crippen LogP contribution in [0.4, 0.5) is 0 Å². The molecule has 0 aromatic heterocycles. The molecule has 2 aromatic rings. The van der Waals surface area contributed by atoms with Crippen LogP contribution in [0.25, 0.3) is 11.6 Å². The van der Waals surface area contributed by atoms with Crippen LogP contribution in [0.3, 0.4) is 0 Å². The molecule has 2 aromatic carbocycles. The van der Waals surface area contributed by atoms with Gasteiger partial charge in [0, 0.05) is 0 Å². The normalized spacial score (nSPS) is 11.1. The molecule has 2 rings (SSSR count). The maximum atomic E-state index is 5.14. The Kier molecular flexibility index (Phi) is 3.98. The molecular formula is C17H16O. The fourth-order valence-electron chi connectivity index (χ4n) is 1.77. The summed E-state index contributed by atoms with van der Waals surface area (Å²) in [6, 6.07) is 18.2. The number of allylic oxidation sites excluding steroid dienone is 2. The third-order valence-electron chi connectivity index (χ3n) is 2.77. The molecule has 0 unspecified atom stereocenters. The van der Waals surface area contributed by atoms with Gasteiger partial charge in [0.15, 0.2) is 0 Å². The first-order chi connectivity index (χ1) is 8.83. The van der Waals surface area contributed by atoms with Crippen LogP contribution in [-0.2, 0) is 0 Å². The number of methoxy groups -OCH3 is 1. The second-order valence-electron chi connectivity index (χ2n) is 3.94. The third kappa shape index (κ3) is 2.89. The second-order valence-corrected chi connectivity index (χ2v) is 3.94. The van der Waals surface area contributed by atoms with E-state index in [0.29, 0.717) is 0 Å². The van der Waals surface area contributed by atoms with Crippen LogP contribution in [0.5, 0.6) is 5.75 Å². The van der Waals surface area contributed by atoms with Gasteiger partial charge in [-0.15, -0.1) is 0 Å². The summed E-state index contributed by atoms with van der Waals surface area (Å²) in [5.41, 5.74) is 3.42. The molecule has 0 aliphatic carbocycles. The molecule has 0 spiro atoms. The summed E-state index contributed by atoms with van der Waals surface area (Å²) in [4.78, 5) is 0. The summed E-state index contributed by atoms with van der Waals surface area (Å²) in [5, 5.41) is 0. The van der Waals surface area contributed by atoms with Gasteiger partial charge in [0.05, 0.1) is 7.11 Å². The van der Waals surface area contributed by atoms with Crippen molar-refractivity contribution in [1.29, 1.82) is 0 Å². The van der Waals surface area contributed by atoms with Gasteiger partial charge in [-0.1, -0.05) is 55.1 Å². The van der Waals surface area contributed by atoms with Gasteiger partial charge in [-0.25, -0.2) is 0 Å². The Balaban J connectivity index is 2.32. The Morgan fingerprint density at radius 3 is 2.22 bits per heavy atom. The zero-order chi connectivity index (χ0) is 12.8. The number of ether oxygens (including phenoxy) is 1. The first-order valence-electron chi connectivity index (χ1n) is 5.87. The molecule has 0 aliphatic rings. The minimum absolute atomic E-state index is 0.868. The molecule has 1 nitrogen and oxygen atoms in total. The van der Waals surface area contributed by atoms with Crippen molar-refractivity contribution < 1.29 is 4.74 Å². The van der Waals surface area contributed by atoms with E-state index < -0.39 is 0 Å². The highest BCUT2D eigenvalue weighted by atomic mass is 16.5. The maximum absolute atomic E-state index is 5.14. The summed E-state index contributed by atoms with van der Waals surface area (Å²) in [7, 11) is 1.67. The minimum Gasteiger partial charge on any atom is -0.497 e. The summed E-state index contributed by atoms with van der Waals surface area (Å²) < 4.78 is 5.14. The summed E-state index contributed by atoms with van der Waals surface area (Å²) >= 11 is 0. The van der Waals surface area contributed by atoms with Crippen LogP contribution in [-0.4, -0.2) is 7.11 Å². The molecule has 18 heavy (non-hydrogen) atoms. The fourth-order valence-corrected chi connectivity index (χ4v) is 1.77. The molecule has 0 saturated heterocycles. The van der Waals surface area contributed by atoms with E-state index in [9.17, 15) is 0 Å². The summed E-state index contributed by atoms with van der Waals surface area (Å²) in [6.45, 7) is 3.87. The highest BCUT2D eigenvalue weighted by Crippen LogP contribution is 2.20. The molecule has 0 fully saturated rings. The van der Waals surface area contributed by atoms with Crippen molar-refractivity contribution >= 4 is 11.6 Å². The smallest absolute Gasteiger partial charge is 0.118 e. The lowest BCUT2D eigenvalue weighted by atomic mass is 10.0. The van der Waals surface area contributed by atoms with E-state index >= 15 is 0 Å². The zero-order valence-corrected chi connectivity index (χ0v) is 10.5. The Morgan fingerprint density at radius 1 is 1.00 bits per heavy atom. The van der Waals surface area contributed by atoms with Crippen LogP contribution < -0.4 is 4.74 Å². The molecule has 90 valence electrons. The summed E-state index contributed by atoms with van der Waals surface area (Å²) in [5.74, 6) is 0.868. The third-order valence-corrected chi connectivity index (χ3v) is 2.77. The van der Waals surface area contributed by atoms with Gasteiger partial charge < -0.3 is 4.74 Å². The SMILES string of the molecule is C=CC(=Cc1ccc(OC)cc1)c1ccccc1. The van der Waals surface area contributed by atoms with E-state index in [0.717, 1.165) is 16.9 Å². The second kappa shape index (κ2) is 5.87. The van der Waals surface area contributed by atoms with Crippen molar-refractivity contribution in [3.63, 3.8) is 0 Å². The van der Waals surface area contributed by atoms with Crippen LogP contribution >= 0.6 is 0 Å². The Morgan fingerprint density at radius 2 is 1.67 bits per heavy atom. The Hall–Kier alpha value is -2.28. The van der Waals surface area contributed by atoms with Crippen molar-refractivity contribution in [3.8, 4) is 5.75 Å².